The SMILES string of the molecule is CC(=O)N1CCC(NC(=O)c2ccc(COc3nn4c(-c5cc(C)on5)nnc4c4ccccc34)nc2)C1. The Bertz CT molecular complexity index is 1660. The van der Waals surface area contributed by atoms with E-state index in [-0.39, 0.29) is 24.5 Å². The highest BCUT2D eigenvalue weighted by molar-refractivity contribution is 5.97. The summed E-state index contributed by atoms with van der Waals surface area (Å²) in [5.74, 6) is 1.27. The van der Waals surface area contributed by atoms with Gasteiger partial charge in [-0.2, -0.15) is 4.52 Å². The second-order valence-electron chi connectivity index (χ2n) is 9.18. The van der Waals surface area contributed by atoms with Crippen LogP contribution in [0.3, 0.4) is 0 Å². The number of likely N-dealkylation sites (tertiary alicyclic amines) is 1. The first-order valence-electron chi connectivity index (χ1n) is 12.2. The molecule has 1 atom stereocenters. The van der Waals surface area contributed by atoms with Gasteiger partial charge in [0.15, 0.2) is 11.3 Å². The highest BCUT2D eigenvalue weighted by Gasteiger charge is 2.25. The van der Waals surface area contributed by atoms with Gasteiger partial charge in [0, 0.05) is 49.1 Å². The number of pyridine rings is 1. The number of ether oxygens (including phenoxy) is 1. The summed E-state index contributed by atoms with van der Waals surface area (Å²) >= 11 is 0. The predicted molar refractivity (Wildman–Crippen MR) is 135 cm³/mol. The van der Waals surface area contributed by atoms with E-state index in [1.807, 2.05) is 24.3 Å². The van der Waals surface area contributed by atoms with Crippen molar-refractivity contribution in [3.05, 3.63) is 65.7 Å². The van der Waals surface area contributed by atoms with Gasteiger partial charge in [0.05, 0.1) is 11.3 Å². The number of aryl methyl sites for hydroxylation is 1. The zero-order valence-corrected chi connectivity index (χ0v) is 20.8. The van der Waals surface area contributed by atoms with Crippen LogP contribution in [-0.2, 0) is 11.4 Å². The van der Waals surface area contributed by atoms with E-state index < -0.39 is 0 Å². The molecular weight excluding hydrogens is 488 g/mol. The molecule has 2 amide bonds. The molecule has 0 bridgehead atoms. The maximum atomic E-state index is 12.6. The Morgan fingerprint density at radius 1 is 1.16 bits per heavy atom. The maximum Gasteiger partial charge on any atom is 0.253 e. The summed E-state index contributed by atoms with van der Waals surface area (Å²) in [6.07, 6.45) is 2.26. The normalized spacial score (nSPS) is 15.3. The van der Waals surface area contributed by atoms with Gasteiger partial charge in [-0.25, -0.2) is 0 Å². The molecule has 5 aromatic rings. The lowest BCUT2D eigenvalue weighted by atomic mass is 10.2. The number of nitrogens with zero attached hydrogens (tertiary/aromatic N) is 7. The standard InChI is InChI=1S/C26H24N8O4/c1-15-11-22(32-38-15)24-30-29-23-20-5-3-4-6-21(20)26(31-34(23)24)37-14-19-8-7-17(12-27-19)25(36)28-18-9-10-33(13-18)16(2)35/h3-8,11-12,18H,9-10,13-14H2,1-2H3,(H,28,36). The van der Waals surface area contributed by atoms with E-state index in [2.05, 4.69) is 30.8 Å². The van der Waals surface area contributed by atoms with Crippen molar-refractivity contribution in [2.45, 2.75) is 32.9 Å². The van der Waals surface area contributed by atoms with Crippen molar-refractivity contribution in [2.75, 3.05) is 13.1 Å². The van der Waals surface area contributed by atoms with Crippen LogP contribution in [-0.4, -0.2) is 65.8 Å². The summed E-state index contributed by atoms with van der Waals surface area (Å²) in [5, 5.41) is 21.8. The molecule has 1 fully saturated rings. The number of nitrogens with one attached hydrogen (secondary N) is 1. The van der Waals surface area contributed by atoms with Gasteiger partial charge >= 0.3 is 0 Å². The van der Waals surface area contributed by atoms with Gasteiger partial charge < -0.3 is 19.5 Å². The van der Waals surface area contributed by atoms with Gasteiger partial charge in [0.25, 0.3) is 5.91 Å². The quantitative estimate of drug-likeness (QED) is 0.363. The number of hydrogen-bond donors (Lipinski definition) is 1. The first-order valence-corrected chi connectivity index (χ1v) is 12.2. The molecule has 5 heterocycles. The van der Waals surface area contributed by atoms with Crippen molar-refractivity contribution in [3.63, 3.8) is 0 Å². The minimum atomic E-state index is -0.221. The third kappa shape index (κ3) is 4.40. The van der Waals surface area contributed by atoms with Gasteiger partial charge in [0.1, 0.15) is 12.4 Å². The van der Waals surface area contributed by atoms with Crippen LogP contribution in [0.15, 0.2) is 53.2 Å². The molecule has 4 aromatic heterocycles. The molecule has 1 N–H and O–H groups in total. The fourth-order valence-corrected chi connectivity index (χ4v) is 4.51. The van der Waals surface area contributed by atoms with Gasteiger partial charge in [-0.1, -0.05) is 23.4 Å². The van der Waals surface area contributed by atoms with Crippen LogP contribution in [0, 0.1) is 6.92 Å². The van der Waals surface area contributed by atoms with Gasteiger partial charge in [0.2, 0.25) is 17.6 Å². The second kappa shape index (κ2) is 9.54. The second-order valence-corrected chi connectivity index (χ2v) is 9.18. The minimum absolute atomic E-state index is 0.0166. The van der Waals surface area contributed by atoms with Crippen molar-refractivity contribution >= 4 is 28.2 Å². The number of benzene rings is 1. The van der Waals surface area contributed by atoms with Crippen LogP contribution < -0.4 is 10.1 Å². The van der Waals surface area contributed by atoms with Crippen molar-refractivity contribution in [1.82, 2.24) is 40.2 Å². The molecule has 1 unspecified atom stereocenters. The van der Waals surface area contributed by atoms with Crippen LogP contribution in [0.2, 0.25) is 0 Å². The Labute approximate surface area is 216 Å². The summed E-state index contributed by atoms with van der Waals surface area (Å²) in [6, 6.07) is 12.8. The number of rotatable bonds is 6. The van der Waals surface area contributed by atoms with Gasteiger partial charge in [-0.3, -0.25) is 14.6 Å². The highest BCUT2D eigenvalue weighted by atomic mass is 16.5. The molecule has 12 nitrogen and oxygen atoms in total. The van der Waals surface area contributed by atoms with Gasteiger partial charge in [-0.15, -0.1) is 15.3 Å². The van der Waals surface area contributed by atoms with E-state index in [0.717, 1.165) is 17.2 Å². The van der Waals surface area contributed by atoms with Crippen LogP contribution in [0.5, 0.6) is 5.88 Å². The van der Waals surface area contributed by atoms with E-state index >= 15 is 0 Å². The third-order valence-corrected chi connectivity index (χ3v) is 6.50. The molecule has 0 aliphatic carbocycles. The molecule has 38 heavy (non-hydrogen) atoms. The van der Waals surface area contributed by atoms with Crippen molar-refractivity contribution in [2.24, 2.45) is 0 Å². The Hall–Kier alpha value is -4.87. The minimum Gasteiger partial charge on any atom is -0.470 e. The Balaban J connectivity index is 1.20. The lowest BCUT2D eigenvalue weighted by Gasteiger charge is -2.15. The van der Waals surface area contributed by atoms with E-state index in [9.17, 15) is 9.59 Å². The summed E-state index contributed by atoms with van der Waals surface area (Å²) in [4.78, 5) is 30.3. The molecule has 0 spiro atoms. The lowest BCUT2D eigenvalue weighted by Crippen LogP contribution is -2.38. The fraction of sp³-hybridized carbons (Fsp3) is 0.269. The summed E-state index contributed by atoms with van der Waals surface area (Å²) in [5.41, 5.74) is 2.17. The largest absolute Gasteiger partial charge is 0.470 e. The number of carbonyl (C=O) groups is 2. The molecule has 1 aliphatic rings. The maximum absolute atomic E-state index is 12.6. The molecule has 1 aliphatic heterocycles. The number of fused-ring (bicyclic) bond motifs is 3. The summed E-state index contributed by atoms with van der Waals surface area (Å²) in [7, 11) is 0. The van der Waals surface area contributed by atoms with Crippen molar-refractivity contribution < 1.29 is 18.8 Å². The molecular formula is C26H24N8O4. The Morgan fingerprint density at radius 2 is 2.00 bits per heavy atom. The fourth-order valence-electron chi connectivity index (χ4n) is 4.51. The number of amides is 2. The molecule has 0 radical (unpaired) electrons. The third-order valence-electron chi connectivity index (χ3n) is 6.50. The zero-order valence-electron chi connectivity index (χ0n) is 20.8. The van der Waals surface area contributed by atoms with E-state index in [1.165, 1.54) is 13.1 Å². The molecule has 12 heteroatoms. The summed E-state index contributed by atoms with van der Waals surface area (Å²) < 4.78 is 12.9. The Kier molecular flexibility index (Phi) is 5.91. The van der Waals surface area contributed by atoms with Crippen LogP contribution in [0.4, 0.5) is 0 Å². The summed E-state index contributed by atoms with van der Waals surface area (Å²) in [6.45, 7) is 4.65. The molecule has 1 saturated heterocycles. The number of carbonyl (C=O) groups excluding carboxylic acids is 2. The van der Waals surface area contributed by atoms with Crippen molar-refractivity contribution in [3.8, 4) is 17.4 Å². The zero-order chi connectivity index (χ0) is 26.2. The van der Waals surface area contributed by atoms with Crippen LogP contribution in [0.25, 0.3) is 27.9 Å². The average molecular weight is 513 g/mol. The van der Waals surface area contributed by atoms with E-state index in [4.69, 9.17) is 9.26 Å². The van der Waals surface area contributed by atoms with E-state index in [0.29, 0.717) is 53.2 Å². The first kappa shape index (κ1) is 23.5. The van der Waals surface area contributed by atoms with Gasteiger partial charge in [-0.05, 0) is 31.5 Å². The number of hydrogen-bond acceptors (Lipinski definition) is 9. The first-order chi connectivity index (χ1) is 18.5. The predicted octanol–water partition coefficient (Wildman–Crippen LogP) is 2.57. The van der Waals surface area contributed by atoms with Crippen molar-refractivity contribution in [1.29, 1.82) is 0 Å². The Morgan fingerprint density at radius 3 is 2.71 bits per heavy atom. The smallest absolute Gasteiger partial charge is 0.253 e. The monoisotopic (exact) mass is 512 g/mol. The molecule has 0 saturated carbocycles. The van der Waals surface area contributed by atoms with E-state index in [1.54, 1.807) is 34.5 Å². The molecule has 1 aromatic carbocycles. The number of aromatic nitrogens is 6. The van der Waals surface area contributed by atoms with Crippen LogP contribution in [0.1, 0.15) is 35.2 Å². The average Bonchev–Trinajstić information content (AvgIpc) is 3.67. The molecule has 192 valence electrons. The highest BCUT2D eigenvalue weighted by Crippen LogP contribution is 2.29. The molecule has 6 rings (SSSR count). The lowest BCUT2D eigenvalue weighted by molar-refractivity contribution is -0.127. The topological polar surface area (TPSA) is 141 Å². The van der Waals surface area contributed by atoms with Crippen LogP contribution >= 0.6 is 0 Å².